The van der Waals surface area contributed by atoms with Gasteiger partial charge < -0.3 is 25.3 Å². The van der Waals surface area contributed by atoms with Crippen LogP contribution in [0.4, 0.5) is 0 Å². The number of aliphatic hydroxyl groups excluding tert-OH is 2. The molecule has 0 aliphatic carbocycles. The molecule has 4 atom stereocenters. The molecule has 0 unspecified atom stereocenters. The third-order valence-corrected chi connectivity index (χ3v) is 3.45. The highest BCUT2D eigenvalue weighted by Gasteiger charge is 2.44. The van der Waals surface area contributed by atoms with E-state index < -0.39 is 36.6 Å². The number of carbonyl (C=O) groups excluding carboxylic acids is 1. The Hall–Kier alpha value is -2.30. The summed E-state index contributed by atoms with van der Waals surface area (Å²) in [5, 5.41) is 21.7. The van der Waals surface area contributed by atoms with Crippen LogP contribution in [0.25, 0.3) is 11.2 Å². The number of imidazole rings is 1. The minimum absolute atomic E-state index is 0.118. The Balaban J connectivity index is 2.06. The number of aromatic amines is 1. The summed E-state index contributed by atoms with van der Waals surface area (Å²) in [5.74, 6) is 0. The van der Waals surface area contributed by atoms with Crippen molar-refractivity contribution in [1.82, 2.24) is 24.8 Å². The van der Waals surface area contributed by atoms with E-state index in [0.29, 0.717) is 6.41 Å². The summed E-state index contributed by atoms with van der Waals surface area (Å²) >= 11 is 0. The molecule has 1 saturated heterocycles. The van der Waals surface area contributed by atoms with E-state index in [9.17, 15) is 19.8 Å². The fourth-order valence-electron chi connectivity index (χ4n) is 2.44. The number of hydrogen-bond donors (Lipinski definition) is 4. The summed E-state index contributed by atoms with van der Waals surface area (Å²) in [4.78, 5) is 32.7. The van der Waals surface area contributed by atoms with Gasteiger partial charge in [0.1, 0.15) is 18.2 Å². The number of hydrogen-bond acceptors (Lipinski definition) is 7. The minimum Gasteiger partial charge on any atom is -0.394 e. The molecule has 3 heterocycles. The first-order valence-corrected chi connectivity index (χ1v) is 6.21. The van der Waals surface area contributed by atoms with Crippen molar-refractivity contribution in [2.45, 2.75) is 24.5 Å². The van der Waals surface area contributed by atoms with Gasteiger partial charge in [-0.3, -0.25) is 14.2 Å². The Morgan fingerprint density at radius 1 is 1.52 bits per heavy atom. The molecule has 0 bridgehead atoms. The minimum atomic E-state index is -1.09. The molecule has 1 aliphatic rings. The molecule has 10 heteroatoms. The fourth-order valence-corrected chi connectivity index (χ4v) is 2.44. The Bertz CT molecular complexity index is 712. The van der Waals surface area contributed by atoms with Gasteiger partial charge in [-0.15, -0.1) is 0 Å². The van der Waals surface area contributed by atoms with Gasteiger partial charge in [0.05, 0.1) is 19.3 Å². The van der Waals surface area contributed by atoms with E-state index in [4.69, 9.17) is 4.74 Å². The third-order valence-electron chi connectivity index (χ3n) is 3.45. The van der Waals surface area contributed by atoms with Crippen molar-refractivity contribution in [3.05, 3.63) is 23.0 Å². The molecular weight excluding hydrogens is 282 g/mol. The molecule has 1 amide bonds. The Morgan fingerprint density at radius 3 is 3.05 bits per heavy atom. The molecule has 2 aromatic heterocycles. The van der Waals surface area contributed by atoms with E-state index in [1.807, 2.05) is 0 Å². The van der Waals surface area contributed by atoms with Crippen molar-refractivity contribution >= 4 is 17.6 Å². The van der Waals surface area contributed by atoms with E-state index in [2.05, 4.69) is 20.3 Å². The van der Waals surface area contributed by atoms with Crippen LogP contribution in [0.15, 0.2) is 17.4 Å². The lowest BCUT2D eigenvalue weighted by atomic mass is 10.1. The van der Waals surface area contributed by atoms with Crippen molar-refractivity contribution in [1.29, 1.82) is 0 Å². The van der Waals surface area contributed by atoms with Crippen LogP contribution in [-0.4, -0.2) is 61.0 Å². The maximum absolute atomic E-state index is 11.6. The number of carbonyl (C=O) groups is 1. The van der Waals surface area contributed by atoms with Gasteiger partial charge >= 0.3 is 0 Å². The normalized spacial score (nSPS) is 28.9. The van der Waals surface area contributed by atoms with Crippen LogP contribution in [0.3, 0.4) is 0 Å². The lowest BCUT2D eigenvalue weighted by Crippen LogP contribution is -2.43. The Labute approximate surface area is 117 Å². The second-order valence-corrected chi connectivity index (χ2v) is 4.60. The zero-order chi connectivity index (χ0) is 15.0. The zero-order valence-corrected chi connectivity index (χ0v) is 10.7. The monoisotopic (exact) mass is 295 g/mol. The van der Waals surface area contributed by atoms with Crippen LogP contribution in [0.5, 0.6) is 0 Å². The van der Waals surface area contributed by atoms with Crippen molar-refractivity contribution < 1.29 is 19.7 Å². The molecule has 10 nitrogen and oxygen atoms in total. The van der Waals surface area contributed by atoms with Gasteiger partial charge in [-0.1, -0.05) is 0 Å². The van der Waals surface area contributed by atoms with E-state index in [-0.39, 0.29) is 11.2 Å². The van der Waals surface area contributed by atoms with Gasteiger partial charge in [0, 0.05) is 0 Å². The smallest absolute Gasteiger partial charge is 0.278 e. The highest BCUT2D eigenvalue weighted by molar-refractivity contribution is 5.69. The van der Waals surface area contributed by atoms with Crippen LogP contribution >= 0.6 is 0 Å². The molecule has 21 heavy (non-hydrogen) atoms. The SMILES string of the molecule is O=CN[C@@H]1[C@H](O)[C@@H](CO)O[C@H]1n1cnc2c(=O)[nH]cnc21. The van der Waals surface area contributed by atoms with Crippen LogP contribution in [0.2, 0.25) is 0 Å². The molecule has 4 N–H and O–H groups in total. The van der Waals surface area contributed by atoms with E-state index >= 15 is 0 Å². The number of fused-ring (bicyclic) bond motifs is 1. The molecule has 1 fully saturated rings. The number of aliphatic hydroxyl groups is 2. The first-order valence-electron chi connectivity index (χ1n) is 6.21. The van der Waals surface area contributed by atoms with Gasteiger partial charge in [-0.05, 0) is 0 Å². The van der Waals surface area contributed by atoms with Crippen molar-refractivity contribution in [3.63, 3.8) is 0 Å². The largest absolute Gasteiger partial charge is 0.394 e. The third kappa shape index (κ3) is 2.09. The van der Waals surface area contributed by atoms with Gasteiger partial charge in [-0.2, -0.15) is 0 Å². The summed E-state index contributed by atoms with van der Waals surface area (Å²) in [6, 6.07) is -0.793. The first kappa shape index (κ1) is 13.7. The molecule has 3 rings (SSSR count). The number of nitrogens with one attached hydrogen (secondary N) is 2. The summed E-state index contributed by atoms with van der Waals surface area (Å²) in [5.41, 5.74) is -0.0315. The van der Waals surface area contributed by atoms with Crippen molar-refractivity contribution in [3.8, 4) is 0 Å². The number of aromatic nitrogens is 4. The van der Waals surface area contributed by atoms with Gasteiger partial charge in [0.2, 0.25) is 6.41 Å². The van der Waals surface area contributed by atoms with Crippen LogP contribution < -0.4 is 10.9 Å². The maximum Gasteiger partial charge on any atom is 0.278 e. The number of amides is 1. The van der Waals surface area contributed by atoms with Crippen LogP contribution in [-0.2, 0) is 9.53 Å². The summed E-state index contributed by atoms with van der Waals surface area (Å²) in [6.45, 7) is -0.407. The number of H-pyrrole nitrogens is 1. The van der Waals surface area contributed by atoms with E-state index in [1.165, 1.54) is 17.2 Å². The number of ether oxygens (including phenoxy) is 1. The second-order valence-electron chi connectivity index (χ2n) is 4.60. The molecule has 112 valence electrons. The molecule has 1 aliphatic heterocycles. The Morgan fingerprint density at radius 2 is 2.33 bits per heavy atom. The molecule has 2 aromatic rings. The maximum atomic E-state index is 11.6. The highest BCUT2D eigenvalue weighted by Crippen LogP contribution is 2.30. The lowest BCUT2D eigenvalue weighted by molar-refractivity contribution is -0.111. The van der Waals surface area contributed by atoms with Gasteiger partial charge in [-0.25, -0.2) is 9.97 Å². The predicted molar refractivity (Wildman–Crippen MR) is 68.1 cm³/mol. The average molecular weight is 295 g/mol. The highest BCUT2D eigenvalue weighted by atomic mass is 16.5. The standard InChI is InChI=1S/C11H13N5O5/c17-1-5-8(19)6(15-4-18)11(21-5)16-3-14-7-9(16)12-2-13-10(7)20/h2-6,8,11,17,19H,1H2,(H,15,18)(H,12,13,20)/t5-,6-,8-,11-/m1/s1. The topological polar surface area (TPSA) is 142 Å². The molecular formula is C11H13N5O5. The number of rotatable bonds is 4. The molecule has 0 saturated carbocycles. The summed E-state index contributed by atoms with van der Waals surface area (Å²) < 4.78 is 6.96. The van der Waals surface area contributed by atoms with Gasteiger partial charge in [0.25, 0.3) is 5.56 Å². The average Bonchev–Trinajstić information content (AvgIpc) is 3.03. The Kier molecular flexibility index (Phi) is 3.41. The predicted octanol–water partition coefficient (Wildman–Crippen LogP) is -2.52. The van der Waals surface area contributed by atoms with Crippen LogP contribution in [0.1, 0.15) is 6.23 Å². The quantitative estimate of drug-likeness (QED) is 0.456. The van der Waals surface area contributed by atoms with Crippen molar-refractivity contribution in [2.24, 2.45) is 0 Å². The molecule has 0 spiro atoms. The summed E-state index contributed by atoms with van der Waals surface area (Å²) in [7, 11) is 0. The lowest BCUT2D eigenvalue weighted by Gasteiger charge is -2.20. The first-order chi connectivity index (χ1) is 10.2. The van der Waals surface area contributed by atoms with E-state index in [1.54, 1.807) is 0 Å². The fraction of sp³-hybridized carbons (Fsp3) is 0.455. The number of nitrogens with zero attached hydrogens (tertiary/aromatic N) is 3. The second kappa shape index (κ2) is 5.24. The van der Waals surface area contributed by atoms with E-state index in [0.717, 1.165) is 0 Å². The summed E-state index contributed by atoms with van der Waals surface area (Å²) in [6.07, 6.45) is 0.213. The van der Waals surface area contributed by atoms with Crippen LogP contribution in [0, 0.1) is 0 Å². The van der Waals surface area contributed by atoms with Crippen molar-refractivity contribution in [2.75, 3.05) is 6.61 Å². The molecule has 0 aromatic carbocycles. The molecule has 0 radical (unpaired) electrons. The zero-order valence-electron chi connectivity index (χ0n) is 10.7. The van der Waals surface area contributed by atoms with Gasteiger partial charge in [0.15, 0.2) is 17.4 Å².